The molecule has 0 saturated carbocycles. The lowest BCUT2D eigenvalue weighted by molar-refractivity contribution is -0.149. The summed E-state index contributed by atoms with van der Waals surface area (Å²) in [7, 11) is 0. The molecule has 0 amide bonds. The lowest BCUT2D eigenvalue weighted by atomic mass is 10.1. The van der Waals surface area contributed by atoms with E-state index < -0.39 is 12.7 Å². The van der Waals surface area contributed by atoms with Crippen molar-refractivity contribution in [2.75, 3.05) is 0 Å². The van der Waals surface area contributed by atoms with Gasteiger partial charge in [-0.3, -0.25) is 4.74 Å². The summed E-state index contributed by atoms with van der Waals surface area (Å²) in [5.41, 5.74) is 0.435. The number of alkyl halides is 2. The van der Waals surface area contributed by atoms with Gasteiger partial charge in [-0.05, 0) is 5.56 Å². The molecule has 2 nitrogen and oxygen atoms in total. The molecule has 0 heterocycles. The molecule has 0 saturated heterocycles. The van der Waals surface area contributed by atoms with E-state index in [1.165, 1.54) is 0 Å². The zero-order valence-corrected chi connectivity index (χ0v) is 6.65. The molecule has 1 rings (SSSR count). The Morgan fingerprint density at radius 2 is 1.85 bits per heavy atom. The number of hydrogen-bond acceptors (Lipinski definition) is 2. The number of halogens is 2. The molecule has 0 spiro atoms. The summed E-state index contributed by atoms with van der Waals surface area (Å²) in [6.07, 6.45) is -1.19. The van der Waals surface area contributed by atoms with Crippen molar-refractivity contribution in [2.45, 2.75) is 12.7 Å². The van der Waals surface area contributed by atoms with Crippen LogP contribution in [0.15, 0.2) is 30.3 Å². The fourth-order valence-corrected chi connectivity index (χ4v) is 0.914. The minimum Gasteiger partial charge on any atom is -0.299 e. The van der Waals surface area contributed by atoms with Crippen LogP contribution >= 0.6 is 0 Å². The Balaban J connectivity index is 2.75. The van der Waals surface area contributed by atoms with Crippen molar-refractivity contribution in [3.05, 3.63) is 35.9 Å². The van der Waals surface area contributed by atoms with Crippen molar-refractivity contribution >= 4 is 0 Å². The minimum atomic E-state index is -2.93. The van der Waals surface area contributed by atoms with Crippen LogP contribution in [-0.4, -0.2) is 6.61 Å². The van der Waals surface area contributed by atoms with Gasteiger partial charge < -0.3 is 0 Å². The van der Waals surface area contributed by atoms with Gasteiger partial charge in [0.1, 0.15) is 0 Å². The second kappa shape index (κ2) is 4.53. The molecule has 1 aromatic carbocycles. The van der Waals surface area contributed by atoms with E-state index >= 15 is 0 Å². The molecule has 0 radical (unpaired) electrons. The summed E-state index contributed by atoms with van der Waals surface area (Å²) in [5.74, 6) is 0. The predicted molar refractivity (Wildman–Crippen MR) is 41.9 cm³/mol. The Morgan fingerprint density at radius 1 is 1.23 bits per heavy atom. The molecule has 0 aromatic heterocycles. The number of ether oxygens (including phenoxy) is 1. The summed E-state index contributed by atoms with van der Waals surface area (Å²) in [5, 5.41) is 8.52. The first-order chi connectivity index (χ1) is 6.24. The van der Waals surface area contributed by atoms with E-state index in [2.05, 4.69) is 4.74 Å². The van der Waals surface area contributed by atoms with Crippen molar-refractivity contribution in [2.24, 2.45) is 0 Å². The van der Waals surface area contributed by atoms with Crippen molar-refractivity contribution in [3.63, 3.8) is 0 Å². The second-order valence-corrected chi connectivity index (χ2v) is 2.32. The maximum atomic E-state index is 11.8. The standard InChI is InChI=1S/C9H7F2NO/c10-9(11)13-8(6-12)7-4-2-1-3-5-7/h1-5,8-9H/t8-/m0/s1. The molecule has 0 unspecified atom stereocenters. The molecular weight excluding hydrogens is 176 g/mol. The highest BCUT2D eigenvalue weighted by Gasteiger charge is 2.15. The van der Waals surface area contributed by atoms with Gasteiger partial charge in [0.15, 0.2) is 6.10 Å². The summed E-state index contributed by atoms with van der Waals surface area (Å²) < 4.78 is 27.7. The van der Waals surface area contributed by atoms with Crippen LogP contribution in [0.5, 0.6) is 0 Å². The molecule has 0 bridgehead atoms. The van der Waals surface area contributed by atoms with Gasteiger partial charge in [-0.25, -0.2) is 0 Å². The van der Waals surface area contributed by atoms with Gasteiger partial charge in [-0.2, -0.15) is 14.0 Å². The molecule has 1 atom stereocenters. The van der Waals surface area contributed by atoms with Crippen LogP contribution in [-0.2, 0) is 4.74 Å². The SMILES string of the molecule is N#C[C@H](OC(F)F)c1ccccc1. The minimum absolute atomic E-state index is 0.435. The van der Waals surface area contributed by atoms with Crippen LogP contribution in [0.3, 0.4) is 0 Å². The predicted octanol–water partition coefficient (Wildman–Crippen LogP) is 2.49. The molecule has 0 aliphatic rings. The van der Waals surface area contributed by atoms with Gasteiger partial charge in [0, 0.05) is 0 Å². The first-order valence-electron chi connectivity index (χ1n) is 3.62. The number of nitrogens with zero attached hydrogens (tertiary/aromatic N) is 1. The van der Waals surface area contributed by atoms with E-state index in [0.29, 0.717) is 5.56 Å². The number of nitriles is 1. The van der Waals surface area contributed by atoms with Crippen LogP contribution in [0.1, 0.15) is 11.7 Å². The normalized spacial score (nSPS) is 12.5. The van der Waals surface area contributed by atoms with Crippen LogP contribution in [0.25, 0.3) is 0 Å². The van der Waals surface area contributed by atoms with Crippen molar-refractivity contribution in [1.82, 2.24) is 0 Å². The summed E-state index contributed by atoms with van der Waals surface area (Å²) in [4.78, 5) is 0. The van der Waals surface area contributed by atoms with E-state index in [-0.39, 0.29) is 0 Å². The topological polar surface area (TPSA) is 33.0 Å². The smallest absolute Gasteiger partial charge is 0.299 e. The second-order valence-electron chi connectivity index (χ2n) is 2.32. The molecular formula is C9H7F2NO. The van der Waals surface area contributed by atoms with Crippen LogP contribution < -0.4 is 0 Å². The van der Waals surface area contributed by atoms with E-state index in [4.69, 9.17) is 5.26 Å². The highest BCUT2D eigenvalue weighted by molar-refractivity contribution is 5.21. The molecule has 68 valence electrons. The molecule has 0 aliphatic heterocycles. The Hall–Kier alpha value is -1.47. The maximum Gasteiger partial charge on any atom is 0.346 e. The van der Waals surface area contributed by atoms with Gasteiger partial charge in [-0.15, -0.1) is 0 Å². The Kier molecular flexibility index (Phi) is 3.35. The highest BCUT2D eigenvalue weighted by Crippen LogP contribution is 2.18. The lowest BCUT2D eigenvalue weighted by Crippen LogP contribution is -2.06. The largest absolute Gasteiger partial charge is 0.346 e. The van der Waals surface area contributed by atoms with Gasteiger partial charge in [0.2, 0.25) is 0 Å². The van der Waals surface area contributed by atoms with E-state index in [0.717, 1.165) is 0 Å². The first-order valence-corrected chi connectivity index (χ1v) is 3.62. The van der Waals surface area contributed by atoms with Gasteiger partial charge >= 0.3 is 6.61 Å². The third-order valence-corrected chi connectivity index (χ3v) is 1.46. The van der Waals surface area contributed by atoms with Gasteiger partial charge in [0.05, 0.1) is 6.07 Å². The summed E-state index contributed by atoms with van der Waals surface area (Å²) in [6.45, 7) is -2.93. The van der Waals surface area contributed by atoms with Crippen molar-refractivity contribution < 1.29 is 13.5 Å². The molecule has 0 fully saturated rings. The monoisotopic (exact) mass is 183 g/mol. The van der Waals surface area contributed by atoms with Crippen LogP contribution in [0.4, 0.5) is 8.78 Å². The molecule has 4 heteroatoms. The number of rotatable bonds is 3. The maximum absolute atomic E-state index is 11.8. The molecule has 0 N–H and O–H groups in total. The highest BCUT2D eigenvalue weighted by atomic mass is 19.3. The molecule has 1 aromatic rings. The number of hydrogen-bond donors (Lipinski definition) is 0. The average Bonchev–Trinajstić information content (AvgIpc) is 2.15. The van der Waals surface area contributed by atoms with Crippen molar-refractivity contribution in [1.29, 1.82) is 5.26 Å². The Morgan fingerprint density at radius 3 is 2.31 bits per heavy atom. The first kappa shape index (κ1) is 9.62. The molecule has 0 aliphatic carbocycles. The third kappa shape index (κ3) is 2.80. The molecule has 13 heavy (non-hydrogen) atoms. The average molecular weight is 183 g/mol. The van der Waals surface area contributed by atoms with Gasteiger partial charge in [0.25, 0.3) is 0 Å². The quantitative estimate of drug-likeness (QED) is 0.721. The Bertz CT molecular complexity index is 294. The van der Waals surface area contributed by atoms with E-state index in [9.17, 15) is 8.78 Å². The van der Waals surface area contributed by atoms with E-state index in [1.54, 1.807) is 36.4 Å². The zero-order chi connectivity index (χ0) is 9.68. The third-order valence-electron chi connectivity index (χ3n) is 1.46. The summed E-state index contributed by atoms with van der Waals surface area (Å²) >= 11 is 0. The lowest BCUT2D eigenvalue weighted by Gasteiger charge is -2.08. The number of benzene rings is 1. The fourth-order valence-electron chi connectivity index (χ4n) is 0.914. The van der Waals surface area contributed by atoms with Crippen LogP contribution in [0.2, 0.25) is 0 Å². The van der Waals surface area contributed by atoms with Gasteiger partial charge in [-0.1, -0.05) is 30.3 Å². The van der Waals surface area contributed by atoms with Crippen molar-refractivity contribution in [3.8, 4) is 6.07 Å². The zero-order valence-electron chi connectivity index (χ0n) is 6.65. The Labute approximate surface area is 74.4 Å². The van der Waals surface area contributed by atoms with E-state index in [1.807, 2.05) is 0 Å². The van der Waals surface area contributed by atoms with Crippen LogP contribution in [0, 0.1) is 11.3 Å². The summed E-state index contributed by atoms with van der Waals surface area (Å²) in [6, 6.07) is 9.84. The fraction of sp³-hybridized carbons (Fsp3) is 0.222.